The van der Waals surface area contributed by atoms with Crippen LogP contribution in [-0.2, 0) is 4.74 Å². The van der Waals surface area contributed by atoms with Crippen LogP contribution in [0.1, 0.15) is 0 Å². The second-order valence-electron chi connectivity index (χ2n) is 3.63. The van der Waals surface area contributed by atoms with Gasteiger partial charge in [0.15, 0.2) is 0 Å². The van der Waals surface area contributed by atoms with Crippen molar-refractivity contribution in [3.8, 4) is 0 Å². The van der Waals surface area contributed by atoms with Crippen LogP contribution in [0.2, 0.25) is 0 Å². The fourth-order valence-corrected chi connectivity index (χ4v) is 1.81. The number of nitrogens with zero attached hydrogens (tertiary/aromatic N) is 2. The van der Waals surface area contributed by atoms with E-state index >= 15 is 0 Å². The molecule has 0 saturated carbocycles. The van der Waals surface area contributed by atoms with Crippen LogP contribution in [0.5, 0.6) is 0 Å². The summed E-state index contributed by atoms with van der Waals surface area (Å²) in [6, 6.07) is 11.6. The van der Waals surface area contributed by atoms with Crippen molar-refractivity contribution in [3.63, 3.8) is 0 Å². The average molecular weight is 214 g/mol. The molecule has 1 aliphatic heterocycles. The Hall–Kier alpha value is -2.10. The molecule has 2 heterocycles. The van der Waals surface area contributed by atoms with Crippen molar-refractivity contribution in [1.29, 1.82) is 0 Å². The van der Waals surface area contributed by atoms with Gasteiger partial charge in [0, 0.05) is 5.39 Å². The van der Waals surface area contributed by atoms with Crippen molar-refractivity contribution >= 4 is 22.8 Å². The molecular formula is C12H10N2O2. The Kier molecular flexibility index (Phi) is 1.99. The first-order chi connectivity index (χ1) is 7.84. The summed E-state index contributed by atoms with van der Waals surface area (Å²) in [6.07, 6.45) is -0.317. The smallest absolute Gasteiger partial charge is 0.415 e. The zero-order valence-corrected chi connectivity index (χ0v) is 8.59. The van der Waals surface area contributed by atoms with Crippen molar-refractivity contribution in [1.82, 2.24) is 4.98 Å². The number of carbonyl (C=O) groups is 1. The number of anilines is 1. The molecule has 0 aliphatic carbocycles. The molecule has 1 fully saturated rings. The number of hydrogen-bond acceptors (Lipinski definition) is 3. The van der Waals surface area contributed by atoms with Crippen LogP contribution in [0.4, 0.5) is 10.6 Å². The number of cyclic esters (lactones) is 1. The largest absolute Gasteiger partial charge is 0.447 e. The molecule has 4 nitrogen and oxygen atoms in total. The Morgan fingerprint density at radius 2 is 2.06 bits per heavy atom. The Bertz CT molecular complexity index is 553. The zero-order valence-electron chi connectivity index (χ0n) is 8.59. The first kappa shape index (κ1) is 9.15. The van der Waals surface area contributed by atoms with E-state index in [1.165, 1.54) is 0 Å². The number of carbonyl (C=O) groups excluding carboxylic acids is 1. The molecule has 2 aromatic rings. The molecule has 0 unspecified atom stereocenters. The lowest BCUT2D eigenvalue weighted by atomic mass is 10.2. The lowest BCUT2D eigenvalue weighted by molar-refractivity contribution is 0.181. The van der Waals surface area contributed by atoms with Crippen LogP contribution in [-0.4, -0.2) is 24.2 Å². The topological polar surface area (TPSA) is 42.4 Å². The molecule has 3 rings (SSSR count). The molecule has 1 saturated heterocycles. The summed E-state index contributed by atoms with van der Waals surface area (Å²) in [5.74, 6) is 0.654. The summed E-state index contributed by atoms with van der Waals surface area (Å²) in [5, 5.41) is 1.07. The number of fused-ring (bicyclic) bond motifs is 1. The Labute approximate surface area is 92.5 Å². The molecular weight excluding hydrogens is 204 g/mol. The lowest BCUT2D eigenvalue weighted by Gasteiger charge is -2.11. The van der Waals surface area contributed by atoms with E-state index in [4.69, 9.17) is 4.74 Å². The van der Waals surface area contributed by atoms with Crippen LogP contribution in [0, 0.1) is 0 Å². The molecule has 80 valence electrons. The minimum Gasteiger partial charge on any atom is -0.447 e. The van der Waals surface area contributed by atoms with Gasteiger partial charge in [0.2, 0.25) is 0 Å². The van der Waals surface area contributed by atoms with Gasteiger partial charge < -0.3 is 4.74 Å². The number of benzene rings is 1. The van der Waals surface area contributed by atoms with Crippen molar-refractivity contribution in [3.05, 3.63) is 36.4 Å². The van der Waals surface area contributed by atoms with E-state index in [1.54, 1.807) is 4.90 Å². The van der Waals surface area contributed by atoms with Crippen molar-refractivity contribution in [2.24, 2.45) is 0 Å². The SMILES string of the molecule is O=C1OCCN1c1ccc2ccccc2n1. The number of amides is 1. The van der Waals surface area contributed by atoms with Gasteiger partial charge in [0.1, 0.15) is 12.4 Å². The molecule has 0 spiro atoms. The third kappa shape index (κ3) is 1.39. The summed E-state index contributed by atoms with van der Waals surface area (Å²) < 4.78 is 4.88. The van der Waals surface area contributed by atoms with Gasteiger partial charge in [-0.05, 0) is 18.2 Å². The third-order valence-corrected chi connectivity index (χ3v) is 2.62. The van der Waals surface area contributed by atoms with Crippen LogP contribution < -0.4 is 4.90 Å². The number of aromatic nitrogens is 1. The number of para-hydroxylation sites is 1. The molecule has 16 heavy (non-hydrogen) atoms. The normalized spacial score (nSPS) is 15.5. The highest BCUT2D eigenvalue weighted by Gasteiger charge is 2.24. The highest BCUT2D eigenvalue weighted by atomic mass is 16.6. The monoisotopic (exact) mass is 214 g/mol. The quantitative estimate of drug-likeness (QED) is 0.730. The number of ether oxygens (including phenoxy) is 1. The summed E-state index contributed by atoms with van der Waals surface area (Å²) in [6.45, 7) is 1.01. The Balaban J connectivity index is 2.08. The summed E-state index contributed by atoms with van der Waals surface area (Å²) in [5.41, 5.74) is 0.889. The maximum absolute atomic E-state index is 11.4. The van der Waals surface area contributed by atoms with E-state index in [1.807, 2.05) is 36.4 Å². The van der Waals surface area contributed by atoms with Crippen LogP contribution >= 0.6 is 0 Å². The van der Waals surface area contributed by atoms with Gasteiger partial charge >= 0.3 is 6.09 Å². The predicted octanol–water partition coefficient (Wildman–Crippen LogP) is 2.19. The first-order valence-electron chi connectivity index (χ1n) is 5.15. The van der Waals surface area contributed by atoms with E-state index in [0.717, 1.165) is 10.9 Å². The van der Waals surface area contributed by atoms with Gasteiger partial charge in [-0.15, -0.1) is 0 Å². The second-order valence-corrected chi connectivity index (χ2v) is 3.63. The minimum atomic E-state index is -0.317. The van der Waals surface area contributed by atoms with Gasteiger partial charge in [-0.3, -0.25) is 4.90 Å². The maximum atomic E-state index is 11.4. The van der Waals surface area contributed by atoms with E-state index in [-0.39, 0.29) is 6.09 Å². The zero-order chi connectivity index (χ0) is 11.0. The van der Waals surface area contributed by atoms with Crippen LogP contribution in [0.3, 0.4) is 0 Å². The molecule has 0 bridgehead atoms. The molecule has 0 N–H and O–H groups in total. The molecule has 1 amide bonds. The fourth-order valence-electron chi connectivity index (χ4n) is 1.81. The molecule has 4 heteroatoms. The van der Waals surface area contributed by atoms with E-state index in [9.17, 15) is 4.79 Å². The van der Waals surface area contributed by atoms with Crippen molar-refractivity contribution in [2.75, 3.05) is 18.1 Å². The highest BCUT2D eigenvalue weighted by molar-refractivity contribution is 5.90. The molecule has 0 atom stereocenters. The maximum Gasteiger partial charge on any atom is 0.415 e. The van der Waals surface area contributed by atoms with Gasteiger partial charge in [0.05, 0.1) is 12.1 Å². The molecule has 1 aliphatic rings. The Morgan fingerprint density at radius 1 is 1.19 bits per heavy atom. The van der Waals surface area contributed by atoms with Gasteiger partial charge in [-0.25, -0.2) is 9.78 Å². The van der Waals surface area contributed by atoms with Crippen LogP contribution in [0.25, 0.3) is 10.9 Å². The van der Waals surface area contributed by atoms with Gasteiger partial charge in [-0.2, -0.15) is 0 Å². The van der Waals surface area contributed by atoms with Gasteiger partial charge in [0.25, 0.3) is 0 Å². The second kappa shape index (κ2) is 3.48. The lowest BCUT2D eigenvalue weighted by Crippen LogP contribution is -2.24. The molecule has 1 aromatic carbocycles. The summed E-state index contributed by atoms with van der Waals surface area (Å²) in [7, 11) is 0. The fraction of sp³-hybridized carbons (Fsp3) is 0.167. The third-order valence-electron chi connectivity index (χ3n) is 2.62. The van der Waals surface area contributed by atoms with E-state index in [2.05, 4.69) is 4.98 Å². The van der Waals surface area contributed by atoms with Gasteiger partial charge in [-0.1, -0.05) is 18.2 Å². The summed E-state index contributed by atoms with van der Waals surface area (Å²) in [4.78, 5) is 17.4. The van der Waals surface area contributed by atoms with Crippen LogP contribution in [0.15, 0.2) is 36.4 Å². The van der Waals surface area contributed by atoms with E-state index < -0.39 is 0 Å². The highest BCUT2D eigenvalue weighted by Crippen LogP contribution is 2.20. The Morgan fingerprint density at radius 3 is 2.88 bits per heavy atom. The van der Waals surface area contributed by atoms with Crippen molar-refractivity contribution in [2.45, 2.75) is 0 Å². The minimum absolute atomic E-state index is 0.317. The predicted molar refractivity (Wildman–Crippen MR) is 60.4 cm³/mol. The molecule has 0 radical (unpaired) electrons. The number of hydrogen-bond donors (Lipinski definition) is 0. The first-order valence-corrected chi connectivity index (χ1v) is 5.15. The van der Waals surface area contributed by atoms with E-state index in [0.29, 0.717) is 19.0 Å². The molecule has 1 aromatic heterocycles. The number of pyridine rings is 1. The average Bonchev–Trinajstić information content (AvgIpc) is 2.75. The number of rotatable bonds is 1. The summed E-state index contributed by atoms with van der Waals surface area (Å²) >= 11 is 0. The standard InChI is InChI=1S/C12H10N2O2/c15-12-14(7-8-16-12)11-6-5-9-3-1-2-4-10(9)13-11/h1-6H,7-8H2. The van der Waals surface area contributed by atoms with Crippen molar-refractivity contribution < 1.29 is 9.53 Å².